The summed E-state index contributed by atoms with van der Waals surface area (Å²) < 4.78 is 41.3. The molecule has 0 heterocycles. The van der Waals surface area contributed by atoms with Gasteiger partial charge in [0.1, 0.15) is 12.4 Å². The summed E-state index contributed by atoms with van der Waals surface area (Å²) in [5.41, 5.74) is 0.437. The van der Waals surface area contributed by atoms with E-state index in [4.69, 9.17) is 5.26 Å². The van der Waals surface area contributed by atoms with Crippen molar-refractivity contribution in [1.82, 2.24) is 0 Å². The van der Waals surface area contributed by atoms with Crippen LogP contribution in [0.25, 0.3) is 0 Å². The van der Waals surface area contributed by atoms with Crippen LogP contribution in [0.4, 0.5) is 18.9 Å². The summed E-state index contributed by atoms with van der Waals surface area (Å²) >= 11 is 0. The van der Waals surface area contributed by atoms with E-state index < -0.39 is 18.8 Å². The smallest absolute Gasteiger partial charge is 0.261 e. The third kappa shape index (κ3) is 4.74. The molecule has 0 fully saturated rings. The lowest BCUT2D eigenvalue weighted by molar-refractivity contribution is 0.0215. The molecule has 0 radical (unpaired) electrons. The van der Waals surface area contributed by atoms with Crippen LogP contribution in [0.2, 0.25) is 0 Å². The summed E-state index contributed by atoms with van der Waals surface area (Å²) in [7, 11) is 0. The number of alkyl halides is 2. The van der Waals surface area contributed by atoms with Crippen molar-refractivity contribution in [3.05, 3.63) is 29.6 Å². The monoisotopic (exact) mass is 244 g/mol. The van der Waals surface area contributed by atoms with Crippen molar-refractivity contribution in [3.63, 3.8) is 0 Å². The summed E-state index contributed by atoms with van der Waals surface area (Å²) in [6, 6.07) is 5.79. The maximum Gasteiger partial charge on any atom is 0.261 e. The topological polar surface area (TPSA) is 45.0 Å². The Balaban J connectivity index is 2.35. The van der Waals surface area contributed by atoms with Crippen molar-refractivity contribution in [3.8, 4) is 6.07 Å². The van der Waals surface area contributed by atoms with Crippen LogP contribution in [0.1, 0.15) is 5.56 Å². The van der Waals surface area contributed by atoms with Gasteiger partial charge in [-0.2, -0.15) is 5.26 Å². The zero-order chi connectivity index (χ0) is 12.7. The molecule has 3 nitrogen and oxygen atoms in total. The fourth-order valence-electron chi connectivity index (χ4n) is 1.16. The molecule has 1 N–H and O–H groups in total. The second-order valence-corrected chi connectivity index (χ2v) is 3.20. The molecule has 1 aromatic carbocycles. The quantitative estimate of drug-likeness (QED) is 0.781. The molecule has 0 aliphatic heterocycles. The fraction of sp³-hybridized carbons (Fsp3) is 0.364. The van der Waals surface area contributed by atoms with Crippen molar-refractivity contribution in [1.29, 1.82) is 5.26 Å². The molecule has 0 atom stereocenters. The molecule has 0 spiro atoms. The minimum Gasteiger partial charge on any atom is -0.380 e. The van der Waals surface area contributed by atoms with Crippen LogP contribution in [-0.4, -0.2) is 26.2 Å². The Kier molecular flexibility index (Phi) is 5.30. The Bertz CT molecular complexity index is 404. The third-order valence-electron chi connectivity index (χ3n) is 1.90. The summed E-state index contributed by atoms with van der Waals surface area (Å²) in [6.07, 6.45) is -2.50. The molecule has 92 valence electrons. The second kappa shape index (κ2) is 6.76. The largest absolute Gasteiger partial charge is 0.380 e. The third-order valence-corrected chi connectivity index (χ3v) is 1.90. The Hall–Kier alpha value is -1.74. The zero-order valence-electron chi connectivity index (χ0n) is 8.92. The Morgan fingerprint density at radius 1 is 1.41 bits per heavy atom. The number of benzene rings is 1. The Morgan fingerprint density at radius 2 is 2.18 bits per heavy atom. The molecule has 0 bridgehead atoms. The van der Waals surface area contributed by atoms with Gasteiger partial charge < -0.3 is 10.1 Å². The van der Waals surface area contributed by atoms with Gasteiger partial charge in [-0.05, 0) is 18.2 Å². The van der Waals surface area contributed by atoms with E-state index in [0.717, 1.165) is 6.07 Å². The lowest BCUT2D eigenvalue weighted by atomic mass is 10.2. The van der Waals surface area contributed by atoms with E-state index in [1.807, 2.05) is 6.07 Å². The maximum absolute atomic E-state index is 13.3. The molecule has 0 aliphatic carbocycles. The van der Waals surface area contributed by atoms with E-state index in [2.05, 4.69) is 10.1 Å². The van der Waals surface area contributed by atoms with E-state index in [1.165, 1.54) is 12.1 Å². The van der Waals surface area contributed by atoms with Crippen LogP contribution in [0.15, 0.2) is 18.2 Å². The second-order valence-electron chi connectivity index (χ2n) is 3.20. The highest BCUT2D eigenvalue weighted by Crippen LogP contribution is 2.14. The molecule has 6 heteroatoms. The van der Waals surface area contributed by atoms with E-state index in [-0.39, 0.29) is 24.4 Å². The molecule has 17 heavy (non-hydrogen) atoms. The van der Waals surface area contributed by atoms with Gasteiger partial charge in [0.25, 0.3) is 6.43 Å². The number of hydrogen-bond donors (Lipinski definition) is 1. The first kappa shape index (κ1) is 13.3. The van der Waals surface area contributed by atoms with Crippen LogP contribution in [0, 0.1) is 17.1 Å². The molecule has 0 saturated heterocycles. The molecule has 0 unspecified atom stereocenters. The number of nitriles is 1. The molecule has 0 aliphatic rings. The van der Waals surface area contributed by atoms with E-state index in [0.29, 0.717) is 0 Å². The van der Waals surface area contributed by atoms with Crippen molar-refractivity contribution in [2.45, 2.75) is 6.43 Å². The van der Waals surface area contributed by atoms with Crippen molar-refractivity contribution in [2.24, 2.45) is 0 Å². The van der Waals surface area contributed by atoms with Crippen LogP contribution >= 0.6 is 0 Å². The maximum atomic E-state index is 13.3. The van der Waals surface area contributed by atoms with Crippen molar-refractivity contribution in [2.75, 3.05) is 25.1 Å². The standard InChI is InChI=1S/C11H11F3N2O/c12-9-5-8(6-15)1-2-10(9)16-3-4-17-7-11(13)14/h1-2,5,11,16H,3-4,7H2. The van der Waals surface area contributed by atoms with Crippen LogP contribution < -0.4 is 5.32 Å². The van der Waals surface area contributed by atoms with E-state index >= 15 is 0 Å². The summed E-state index contributed by atoms with van der Waals surface area (Å²) in [6.45, 7) is -0.350. The molecule has 0 saturated carbocycles. The predicted molar refractivity (Wildman–Crippen MR) is 56.4 cm³/mol. The highest BCUT2D eigenvalue weighted by atomic mass is 19.3. The number of hydrogen-bond acceptors (Lipinski definition) is 3. The molecule has 0 aromatic heterocycles. The minimum atomic E-state index is -2.50. The number of nitrogens with one attached hydrogen (secondary N) is 1. The lowest BCUT2D eigenvalue weighted by Gasteiger charge is -2.08. The van der Waals surface area contributed by atoms with Gasteiger partial charge in [-0.3, -0.25) is 0 Å². The van der Waals surface area contributed by atoms with Gasteiger partial charge in [0, 0.05) is 6.54 Å². The van der Waals surface area contributed by atoms with Gasteiger partial charge >= 0.3 is 0 Å². The van der Waals surface area contributed by atoms with Crippen LogP contribution in [-0.2, 0) is 4.74 Å². The number of halogens is 3. The summed E-state index contributed by atoms with van der Waals surface area (Å²) in [4.78, 5) is 0. The fourth-order valence-corrected chi connectivity index (χ4v) is 1.16. The van der Waals surface area contributed by atoms with Crippen molar-refractivity contribution < 1.29 is 17.9 Å². The molecule has 1 rings (SSSR count). The Labute approximate surface area is 96.8 Å². The number of rotatable bonds is 6. The highest BCUT2D eigenvalue weighted by Gasteiger charge is 2.04. The number of anilines is 1. The highest BCUT2D eigenvalue weighted by molar-refractivity contribution is 5.48. The normalized spacial score (nSPS) is 10.3. The first-order valence-electron chi connectivity index (χ1n) is 4.93. The van der Waals surface area contributed by atoms with Crippen LogP contribution in [0.5, 0.6) is 0 Å². The molecular formula is C11H11F3N2O. The van der Waals surface area contributed by atoms with E-state index in [1.54, 1.807) is 0 Å². The van der Waals surface area contributed by atoms with Gasteiger partial charge in [-0.1, -0.05) is 0 Å². The average Bonchev–Trinajstić information content (AvgIpc) is 2.30. The van der Waals surface area contributed by atoms with E-state index in [9.17, 15) is 13.2 Å². The van der Waals surface area contributed by atoms with Crippen LogP contribution in [0.3, 0.4) is 0 Å². The van der Waals surface area contributed by atoms with Gasteiger partial charge in [0.05, 0.1) is 23.9 Å². The number of ether oxygens (including phenoxy) is 1. The minimum absolute atomic E-state index is 0.0593. The number of nitrogens with zero attached hydrogens (tertiary/aromatic N) is 1. The van der Waals surface area contributed by atoms with Gasteiger partial charge in [-0.25, -0.2) is 13.2 Å². The SMILES string of the molecule is N#Cc1ccc(NCCOCC(F)F)c(F)c1. The summed E-state index contributed by atoms with van der Waals surface area (Å²) in [5.74, 6) is -0.557. The first-order valence-corrected chi connectivity index (χ1v) is 4.93. The molecule has 0 amide bonds. The Morgan fingerprint density at radius 3 is 2.76 bits per heavy atom. The van der Waals surface area contributed by atoms with Gasteiger partial charge in [0.15, 0.2) is 0 Å². The van der Waals surface area contributed by atoms with Crippen molar-refractivity contribution >= 4 is 5.69 Å². The first-order chi connectivity index (χ1) is 8.13. The van der Waals surface area contributed by atoms with Gasteiger partial charge in [-0.15, -0.1) is 0 Å². The van der Waals surface area contributed by atoms with Gasteiger partial charge in [0.2, 0.25) is 0 Å². The molecular weight excluding hydrogens is 233 g/mol. The lowest BCUT2D eigenvalue weighted by Crippen LogP contribution is -2.13. The summed E-state index contributed by atoms with van der Waals surface area (Å²) in [5, 5.41) is 11.2. The molecule has 1 aromatic rings. The zero-order valence-corrected chi connectivity index (χ0v) is 8.92. The predicted octanol–water partition coefficient (Wildman–Crippen LogP) is 2.39. The average molecular weight is 244 g/mol.